The van der Waals surface area contributed by atoms with Crippen molar-refractivity contribution in [2.45, 2.75) is 83.7 Å². The van der Waals surface area contributed by atoms with Crippen LogP contribution in [0, 0.1) is 0 Å². The number of piperidine rings is 1. The van der Waals surface area contributed by atoms with Crippen molar-refractivity contribution < 1.29 is 0 Å². The van der Waals surface area contributed by atoms with Crippen LogP contribution < -0.4 is 10.6 Å². The number of likely N-dealkylation sites (N-methyl/N-ethyl adjacent to an activating group) is 1. The van der Waals surface area contributed by atoms with Crippen LogP contribution in [-0.4, -0.2) is 74.2 Å². The molecule has 1 aliphatic heterocycles. The van der Waals surface area contributed by atoms with Crippen molar-refractivity contribution in [3.63, 3.8) is 0 Å². The Morgan fingerprint density at radius 2 is 1.77 bits per heavy atom. The van der Waals surface area contributed by atoms with Crippen LogP contribution in [0.5, 0.6) is 0 Å². The standard InChI is InChI=1S/C21H43N5/c1-4-6-15-25(3)18-14-23-21(22-5-2)24-19-12-16-26(17-13-19)20-10-8-7-9-11-20/h19-20H,4-18H2,1-3H3,(H2,22,23,24). The van der Waals surface area contributed by atoms with Gasteiger partial charge < -0.3 is 20.4 Å². The number of rotatable bonds is 9. The van der Waals surface area contributed by atoms with Crippen molar-refractivity contribution in [3.8, 4) is 0 Å². The highest BCUT2D eigenvalue weighted by Gasteiger charge is 2.26. The van der Waals surface area contributed by atoms with Crippen molar-refractivity contribution in [1.82, 2.24) is 20.4 Å². The van der Waals surface area contributed by atoms with Crippen LogP contribution >= 0.6 is 0 Å². The summed E-state index contributed by atoms with van der Waals surface area (Å²) in [6.07, 6.45) is 12.2. The lowest BCUT2D eigenvalue weighted by molar-refractivity contribution is 0.119. The molecule has 0 atom stereocenters. The van der Waals surface area contributed by atoms with Crippen LogP contribution in [0.25, 0.3) is 0 Å². The summed E-state index contributed by atoms with van der Waals surface area (Å²) >= 11 is 0. The van der Waals surface area contributed by atoms with Gasteiger partial charge in [-0.2, -0.15) is 0 Å². The second-order valence-electron chi connectivity index (χ2n) is 8.16. The number of unbranched alkanes of at least 4 members (excludes halogenated alkanes) is 1. The smallest absolute Gasteiger partial charge is 0.191 e. The first kappa shape index (κ1) is 21.5. The predicted octanol–water partition coefficient (Wildman–Crippen LogP) is 3.07. The third-order valence-corrected chi connectivity index (χ3v) is 5.95. The summed E-state index contributed by atoms with van der Waals surface area (Å²) in [7, 11) is 2.20. The molecule has 152 valence electrons. The molecule has 26 heavy (non-hydrogen) atoms. The zero-order valence-electron chi connectivity index (χ0n) is 17.6. The Bertz CT molecular complexity index is 384. The number of hydrogen-bond acceptors (Lipinski definition) is 3. The van der Waals surface area contributed by atoms with Crippen molar-refractivity contribution in [1.29, 1.82) is 0 Å². The van der Waals surface area contributed by atoms with Gasteiger partial charge in [0.15, 0.2) is 5.96 Å². The normalized spacial score (nSPS) is 21.3. The zero-order valence-corrected chi connectivity index (χ0v) is 17.6. The monoisotopic (exact) mass is 365 g/mol. The molecule has 5 nitrogen and oxygen atoms in total. The summed E-state index contributed by atoms with van der Waals surface area (Å²) in [5.41, 5.74) is 0. The highest BCUT2D eigenvalue weighted by atomic mass is 15.2. The van der Waals surface area contributed by atoms with Gasteiger partial charge in [0.05, 0.1) is 6.54 Å². The molecule has 0 spiro atoms. The molecule has 0 amide bonds. The summed E-state index contributed by atoms with van der Waals surface area (Å²) in [5.74, 6) is 1.01. The molecule has 0 radical (unpaired) electrons. The Labute approximate surface area is 162 Å². The first-order valence-corrected chi connectivity index (χ1v) is 11.2. The maximum Gasteiger partial charge on any atom is 0.191 e. The van der Waals surface area contributed by atoms with Crippen LogP contribution in [-0.2, 0) is 0 Å². The molecule has 2 rings (SSSR count). The van der Waals surface area contributed by atoms with E-state index in [-0.39, 0.29) is 0 Å². The van der Waals surface area contributed by atoms with Gasteiger partial charge in [-0.05, 0) is 52.6 Å². The summed E-state index contributed by atoms with van der Waals surface area (Å²) in [4.78, 5) is 9.95. The van der Waals surface area contributed by atoms with E-state index in [4.69, 9.17) is 4.99 Å². The molecule has 2 aliphatic rings. The van der Waals surface area contributed by atoms with E-state index in [1.807, 2.05) is 0 Å². The maximum absolute atomic E-state index is 4.80. The average molecular weight is 366 g/mol. The fraction of sp³-hybridized carbons (Fsp3) is 0.952. The van der Waals surface area contributed by atoms with E-state index in [1.165, 1.54) is 77.4 Å². The minimum Gasteiger partial charge on any atom is -0.357 e. The zero-order chi connectivity index (χ0) is 18.6. The van der Waals surface area contributed by atoms with E-state index >= 15 is 0 Å². The summed E-state index contributed by atoms with van der Waals surface area (Å²) in [6.45, 7) is 10.9. The Hall–Kier alpha value is -0.810. The lowest BCUT2D eigenvalue weighted by atomic mass is 9.92. The quantitative estimate of drug-likeness (QED) is 0.487. The molecule has 0 aromatic carbocycles. The highest BCUT2D eigenvalue weighted by Crippen LogP contribution is 2.25. The van der Waals surface area contributed by atoms with E-state index in [1.54, 1.807) is 0 Å². The molecule has 1 saturated heterocycles. The fourth-order valence-corrected chi connectivity index (χ4v) is 4.24. The minimum absolute atomic E-state index is 0.575. The van der Waals surface area contributed by atoms with Crippen LogP contribution in [0.15, 0.2) is 4.99 Å². The van der Waals surface area contributed by atoms with E-state index in [2.05, 4.69) is 41.3 Å². The first-order valence-electron chi connectivity index (χ1n) is 11.2. The van der Waals surface area contributed by atoms with Gasteiger partial charge in [0.25, 0.3) is 0 Å². The molecule has 2 fully saturated rings. The second-order valence-corrected chi connectivity index (χ2v) is 8.16. The molecule has 0 aromatic rings. The van der Waals surface area contributed by atoms with Crippen molar-refractivity contribution >= 4 is 5.96 Å². The van der Waals surface area contributed by atoms with Gasteiger partial charge in [0.2, 0.25) is 0 Å². The van der Waals surface area contributed by atoms with Gasteiger partial charge in [-0.15, -0.1) is 0 Å². The summed E-state index contributed by atoms with van der Waals surface area (Å²) in [6, 6.07) is 1.44. The van der Waals surface area contributed by atoms with Gasteiger partial charge in [0.1, 0.15) is 0 Å². The lowest BCUT2D eigenvalue weighted by Crippen LogP contribution is -2.51. The van der Waals surface area contributed by atoms with Gasteiger partial charge in [-0.25, -0.2) is 0 Å². The molecule has 1 heterocycles. The largest absolute Gasteiger partial charge is 0.357 e. The third-order valence-electron chi connectivity index (χ3n) is 5.95. The molecule has 0 aromatic heterocycles. The fourth-order valence-electron chi connectivity index (χ4n) is 4.24. The molecular weight excluding hydrogens is 322 g/mol. The highest BCUT2D eigenvalue weighted by molar-refractivity contribution is 5.80. The molecule has 0 unspecified atom stereocenters. The topological polar surface area (TPSA) is 42.9 Å². The minimum atomic E-state index is 0.575. The van der Waals surface area contributed by atoms with Crippen LogP contribution in [0.2, 0.25) is 0 Å². The molecule has 1 saturated carbocycles. The number of aliphatic imine (C=N–C) groups is 1. The molecule has 1 aliphatic carbocycles. The molecule has 5 heteroatoms. The van der Waals surface area contributed by atoms with Gasteiger partial charge >= 0.3 is 0 Å². The summed E-state index contributed by atoms with van der Waals surface area (Å²) in [5, 5.41) is 7.12. The van der Waals surface area contributed by atoms with Crippen molar-refractivity contribution in [2.75, 3.05) is 46.3 Å². The number of nitrogens with zero attached hydrogens (tertiary/aromatic N) is 3. The van der Waals surface area contributed by atoms with Crippen molar-refractivity contribution in [2.24, 2.45) is 4.99 Å². The van der Waals surface area contributed by atoms with E-state index in [9.17, 15) is 0 Å². The molecular formula is C21H43N5. The molecule has 2 N–H and O–H groups in total. The first-order chi connectivity index (χ1) is 12.7. The van der Waals surface area contributed by atoms with Gasteiger partial charge in [-0.1, -0.05) is 32.6 Å². The SMILES string of the molecule is CCCCN(C)CCN=C(NCC)NC1CCN(C2CCCCC2)CC1. The Morgan fingerprint density at radius 1 is 1.04 bits per heavy atom. The Kier molecular flexibility index (Phi) is 10.4. The average Bonchev–Trinajstić information content (AvgIpc) is 2.68. The van der Waals surface area contributed by atoms with E-state index in [0.29, 0.717) is 6.04 Å². The Morgan fingerprint density at radius 3 is 2.42 bits per heavy atom. The second kappa shape index (κ2) is 12.6. The van der Waals surface area contributed by atoms with Crippen LogP contribution in [0.3, 0.4) is 0 Å². The number of hydrogen-bond donors (Lipinski definition) is 2. The van der Waals surface area contributed by atoms with Crippen LogP contribution in [0.4, 0.5) is 0 Å². The van der Waals surface area contributed by atoms with Crippen molar-refractivity contribution in [3.05, 3.63) is 0 Å². The predicted molar refractivity (Wildman–Crippen MR) is 113 cm³/mol. The third kappa shape index (κ3) is 7.83. The Balaban J connectivity index is 1.70. The number of nitrogens with one attached hydrogen (secondary N) is 2. The number of guanidine groups is 1. The lowest BCUT2D eigenvalue weighted by Gasteiger charge is -2.39. The molecule has 0 bridgehead atoms. The van der Waals surface area contributed by atoms with E-state index < -0.39 is 0 Å². The summed E-state index contributed by atoms with van der Waals surface area (Å²) < 4.78 is 0. The van der Waals surface area contributed by atoms with Gasteiger partial charge in [-0.3, -0.25) is 4.99 Å². The maximum atomic E-state index is 4.80. The van der Waals surface area contributed by atoms with E-state index in [0.717, 1.165) is 31.6 Å². The van der Waals surface area contributed by atoms with Crippen LogP contribution in [0.1, 0.15) is 71.6 Å². The van der Waals surface area contributed by atoms with Gasteiger partial charge in [0, 0.05) is 38.3 Å². The number of likely N-dealkylation sites (tertiary alicyclic amines) is 1.